The normalized spacial score (nSPS) is 20.6. The molecule has 1 atom stereocenters. The number of likely N-dealkylation sites (tertiary alicyclic amines) is 1. The summed E-state index contributed by atoms with van der Waals surface area (Å²) in [5.74, 6) is -1.03. The third kappa shape index (κ3) is 3.17. The van der Waals surface area contributed by atoms with E-state index in [9.17, 15) is 14.4 Å². The van der Waals surface area contributed by atoms with Crippen molar-refractivity contribution in [1.82, 2.24) is 4.90 Å². The molecule has 0 unspecified atom stereocenters. The average molecular weight is 349 g/mol. The molecule has 3 N–H and O–H groups in total. The zero-order valence-electron chi connectivity index (χ0n) is 13.9. The van der Waals surface area contributed by atoms with E-state index in [0.717, 1.165) is 42.5 Å². The molecule has 1 fully saturated rings. The predicted octanol–water partition coefficient (Wildman–Crippen LogP) is 1.92. The van der Waals surface area contributed by atoms with Crippen molar-refractivity contribution in [3.8, 4) is 0 Å². The Morgan fingerprint density at radius 1 is 1.29 bits per heavy atom. The zero-order valence-corrected chi connectivity index (χ0v) is 14.7. The molecule has 7 heteroatoms. The minimum atomic E-state index is -0.484. The Balaban J connectivity index is 1.81. The van der Waals surface area contributed by atoms with Crippen molar-refractivity contribution in [2.75, 3.05) is 18.4 Å². The molecule has 1 aromatic rings. The molecule has 130 valence electrons. The maximum absolute atomic E-state index is 12.5. The van der Waals surface area contributed by atoms with Crippen LogP contribution in [0.3, 0.4) is 0 Å². The molecular formula is C17H23N3O3S. The number of nitrogens with two attached hydrogens (primary N) is 1. The molecule has 0 spiro atoms. The fourth-order valence-electron chi connectivity index (χ4n) is 3.56. The van der Waals surface area contributed by atoms with Gasteiger partial charge in [0.1, 0.15) is 5.00 Å². The number of hydrogen-bond acceptors (Lipinski definition) is 4. The Kier molecular flexibility index (Phi) is 4.89. The molecule has 2 heterocycles. The lowest BCUT2D eigenvalue weighted by Crippen LogP contribution is -2.28. The molecular weight excluding hydrogens is 326 g/mol. The lowest BCUT2D eigenvalue weighted by atomic mass is 10.0. The van der Waals surface area contributed by atoms with Crippen LogP contribution >= 0.6 is 11.3 Å². The summed E-state index contributed by atoms with van der Waals surface area (Å²) in [6.07, 6.45) is 5.30. The van der Waals surface area contributed by atoms with E-state index in [0.29, 0.717) is 23.7 Å². The molecule has 0 saturated carbocycles. The molecule has 3 rings (SSSR count). The summed E-state index contributed by atoms with van der Waals surface area (Å²) in [6.45, 7) is 2.96. The molecule has 1 aromatic heterocycles. The molecule has 0 radical (unpaired) electrons. The minimum Gasteiger partial charge on any atom is -0.365 e. The average Bonchev–Trinajstić information content (AvgIpc) is 2.99. The van der Waals surface area contributed by atoms with Gasteiger partial charge in [0.25, 0.3) is 5.91 Å². The Labute approximate surface area is 145 Å². The Hall–Kier alpha value is -1.89. The summed E-state index contributed by atoms with van der Waals surface area (Å²) in [7, 11) is 0. The Bertz CT molecular complexity index is 683. The first-order valence-corrected chi connectivity index (χ1v) is 9.35. The van der Waals surface area contributed by atoms with E-state index in [1.807, 2.05) is 6.92 Å². The number of nitrogens with one attached hydrogen (secondary N) is 1. The van der Waals surface area contributed by atoms with Gasteiger partial charge in [-0.25, -0.2) is 0 Å². The van der Waals surface area contributed by atoms with Gasteiger partial charge in [0.05, 0.1) is 11.5 Å². The topological polar surface area (TPSA) is 92.5 Å². The highest BCUT2D eigenvalue weighted by atomic mass is 32.1. The highest BCUT2D eigenvalue weighted by Crippen LogP contribution is 2.37. The molecule has 0 aromatic carbocycles. The second-order valence-corrected chi connectivity index (χ2v) is 7.56. The summed E-state index contributed by atoms with van der Waals surface area (Å²) < 4.78 is 0. The number of anilines is 1. The van der Waals surface area contributed by atoms with Crippen LogP contribution in [0.4, 0.5) is 5.00 Å². The highest BCUT2D eigenvalue weighted by molar-refractivity contribution is 7.17. The van der Waals surface area contributed by atoms with Gasteiger partial charge in [0.2, 0.25) is 11.8 Å². The first-order chi connectivity index (χ1) is 11.5. The van der Waals surface area contributed by atoms with Gasteiger partial charge >= 0.3 is 0 Å². The molecule has 2 aliphatic rings. The van der Waals surface area contributed by atoms with Gasteiger partial charge in [-0.15, -0.1) is 11.3 Å². The number of thiophene rings is 1. The number of fused-ring (bicyclic) bond motifs is 1. The van der Waals surface area contributed by atoms with Crippen LogP contribution in [0, 0.1) is 5.92 Å². The lowest BCUT2D eigenvalue weighted by Gasteiger charge is -2.13. The van der Waals surface area contributed by atoms with Crippen molar-refractivity contribution in [1.29, 1.82) is 0 Å². The van der Waals surface area contributed by atoms with Crippen molar-refractivity contribution in [2.24, 2.45) is 11.7 Å². The fourth-order valence-corrected chi connectivity index (χ4v) is 4.86. The van der Waals surface area contributed by atoms with Crippen LogP contribution in [-0.4, -0.2) is 35.7 Å². The summed E-state index contributed by atoms with van der Waals surface area (Å²) in [5.41, 5.74) is 7.07. The van der Waals surface area contributed by atoms with Gasteiger partial charge in [-0.3, -0.25) is 14.4 Å². The van der Waals surface area contributed by atoms with Crippen LogP contribution in [0.5, 0.6) is 0 Å². The van der Waals surface area contributed by atoms with E-state index >= 15 is 0 Å². The molecule has 6 nitrogen and oxygen atoms in total. The van der Waals surface area contributed by atoms with Gasteiger partial charge in [0.15, 0.2) is 0 Å². The lowest BCUT2D eigenvalue weighted by molar-refractivity contribution is -0.128. The maximum Gasteiger partial charge on any atom is 0.251 e. The number of amides is 3. The summed E-state index contributed by atoms with van der Waals surface area (Å²) in [4.78, 5) is 39.1. The van der Waals surface area contributed by atoms with Gasteiger partial charge in [0, 0.05) is 24.4 Å². The summed E-state index contributed by atoms with van der Waals surface area (Å²) in [5, 5.41) is 3.43. The Morgan fingerprint density at radius 2 is 2.04 bits per heavy atom. The van der Waals surface area contributed by atoms with Crippen molar-refractivity contribution in [3.05, 3.63) is 16.0 Å². The monoisotopic (exact) mass is 349 g/mol. The third-order valence-electron chi connectivity index (χ3n) is 4.87. The maximum atomic E-state index is 12.5. The van der Waals surface area contributed by atoms with E-state index in [1.165, 1.54) is 11.3 Å². The summed E-state index contributed by atoms with van der Waals surface area (Å²) in [6, 6.07) is 0. The van der Waals surface area contributed by atoms with E-state index < -0.39 is 5.91 Å². The van der Waals surface area contributed by atoms with Crippen LogP contribution < -0.4 is 11.1 Å². The van der Waals surface area contributed by atoms with Gasteiger partial charge in [-0.05, 0) is 38.2 Å². The number of rotatable bonds is 4. The molecule has 0 bridgehead atoms. The van der Waals surface area contributed by atoms with E-state index in [-0.39, 0.29) is 24.2 Å². The van der Waals surface area contributed by atoms with E-state index in [4.69, 9.17) is 5.73 Å². The van der Waals surface area contributed by atoms with Gasteiger partial charge < -0.3 is 16.0 Å². The highest BCUT2D eigenvalue weighted by Gasteiger charge is 2.34. The van der Waals surface area contributed by atoms with Crippen LogP contribution in [-0.2, 0) is 22.4 Å². The zero-order chi connectivity index (χ0) is 17.3. The van der Waals surface area contributed by atoms with Crippen LogP contribution in [0.25, 0.3) is 0 Å². The second kappa shape index (κ2) is 6.93. The molecule has 3 amide bonds. The quantitative estimate of drug-likeness (QED) is 0.814. The molecule has 1 aliphatic carbocycles. The van der Waals surface area contributed by atoms with Crippen LogP contribution in [0.15, 0.2) is 0 Å². The largest absolute Gasteiger partial charge is 0.365 e. The third-order valence-corrected chi connectivity index (χ3v) is 6.08. The second-order valence-electron chi connectivity index (χ2n) is 6.46. The number of aryl methyl sites for hydroxylation is 1. The van der Waals surface area contributed by atoms with E-state index in [2.05, 4.69) is 5.32 Å². The van der Waals surface area contributed by atoms with Crippen LogP contribution in [0.1, 0.15) is 53.4 Å². The number of carbonyl (C=O) groups is 3. The number of carbonyl (C=O) groups excluding carboxylic acids is 3. The number of hydrogen-bond donors (Lipinski definition) is 2. The SMILES string of the molecule is CCN1C[C@@H](C(=O)Nc2sc3c(c2C(N)=O)CCCCC3)CC1=O. The van der Waals surface area contributed by atoms with E-state index in [1.54, 1.807) is 4.90 Å². The first kappa shape index (κ1) is 17.0. The Morgan fingerprint density at radius 3 is 2.71 bits per heavy atom. The molecule has 1 saturated heterocycles. The van der Waals surface area contributed by atoms with Gasteiger partial charge in [-0.1, -0.05) is 6.42 Å². The smallest absolute Gasteiger partial charge is 0.251 e. The van der Waals surface area contributed by atoms with Crippen LogP contribution in [0.2, 0.25) is 0 Å². The predicted molar refractivity (Wildman–Crippen MR) is 93.1 cm³/mol. The minimum absolute atomic E-state index is 0.00902. The standard InChI is InChI=1S/C17H23N3O3S/c1-2-20-9-10(8-13(20)21)16(23)19-17-14(15(18)22)11-6-4-3-5-7-12(11)24-17/h10H,2-9H2,1H3,(H2,18,22)(H,19,23)/t10-/m0/s1. The molecule has 1 aliphatic heterocycles. The first-order valence-electron chi connectivity index (χ1n) is 8.54. The number of primary amides is 1. The van der Waals surface area contributed by atoms with Crippen molar-refractivity contribution in [2.45, 2.75) is 45.4 Å². The van der Waals surface area contributed by atoms with Crippen molar-refractivity contribution >= 4 is 34.1 Å². The molecule has 24 heavy (non-hydrogen) atoms. The van der Waals surface area contributed by atoms with Gasteiger partial charge in [-0.2, -0.15) is 0 Å². The summed E-state index contributed by atoms with van der Waals surface area (Å²) >= 11 is 1.47. The van der Waals surface area contributed by atoms with Crippen molar-refractivity contribution < 1.29 is 14.4 Å². The van der Waals surface area contributed by atoms with Crippen molar-refractivity contribution in [3.63, 3.8) is 0 Å². The fraction of sp³-hybridized carbons (Fsp3) is 0.588. The number of nitrogens with zero attached hydrogens (tertiary/aromatic N) is 1.